The van der Waals surface area contributed by atoms with Crippen molar-refractivity contribution in [3.63, 3.8) is 0 Å². The Morgan fingerprint density at radius 2 is 0.500 bits per heavy atom. The Hall–Kier alpha value is -2.11. The number of hydrogen-bond acceptors (Lipinski definition) is 6. The molecule has 0 rings (SSSR count). The van der Waals surface area contributed by atoms with Crippen LogP contribution in [-0.2, 0) is 28.6 Å². The predicted molar refractivity (Wildman–Crippen MR) is 312 cm³/mol. The average molecular weight is 1010 g/mol. The largest absolute Gasteiger partial charge is 0.462 e. The molecule has 0 aromatic heterocycles. The summed E-state index contributed by atoms with van der Waals surface area (Å²) in [4.78, 5) is 38.2. The third-order valence-electron chi connectivity index (χ3n) is 14.7. The molecule has 0 aliphatic heterocycles. The highest BCUT2D eigenvalue weighted by molar-refractivity contribution is 5.71. The second-order valence-electron chi connectivity index (χ2n) is 22.0. The summed E-state index contributed by atoms with van der Waals surface area (Å²) in [6.45, 7) is 6.67. The van der Waals surface area contributed by atoms with Crippen molar-refractivity contribution in [1.82, 2.24) is 0 Å². The molecule has 0 bridgehead atoms. The van der Waals surface area contributed by atoms with Crippen molar-refractivity contribution in [3.8, 4) is 0 Å². The van der Waals surface area contributed by atoms with E-state index in [1.165, 1.54) is 257 Å². The number of carbonyl (C=O) groups excluding carboxylic acids is 3. The fourth-order valence-electron chi connectivity index (χ4n) is 9.83. The van der Waals surface area contributed by atoms with Gasteiger partial charge in [-0.1, -0.05) is 315 Å². The molecule has 6 nitrogen and oxygen atoms in total. The third kappa shape index (κ3) is 58.8. The molecule has 6 heteroatoms. The van der Waals surface area contributed by atoms with Crippen LogP contribution in [0.5, 0.6) is 0 Å². The second-order valence-corrected chi connectivity index (χ2v) is 22.0. The fraction of sp³-hybridized carbons (Fsp3) is 0.894. The lowest BCUT2D eigenvalue weighted by Crippen LogP contribution is -2.30. The van der Waals surface area contributed by atoms with Crippen LogP contribution in [0, 0.1) is 0 Å². The molecule has 0 saturated heterocycles. The first kappa shape index (κ1) is 69.9. The summed E-state index contributed by atoms with van der Waals surface area (Å²) >= 11 is 0. The number of hydrogen-bond donors (Lipinski definition) is 0. The zero-order valence-electron chi connectivity index (χ0n) is 48.7. The van der Waals surface area contributed by atoms with Crippen molar-refractivity contribution >= 4 is 17.9 Å². The number of ether oxygens (including phenoxy) is 3. The molecule has 0 aliphatic carbocycles. The van der Waals surface area contributed by atoms with E-state index in [1.54, 1.807) is 0 Å². The van der Waals surface area contributed by atoms with Crippen molar-refractivity contribution in [3.05, 3.63) is 24.3 Å². The molecule has 424 valence electrons. The van der Waals surface area contributed by atoms with Crippen molar-refractivity contribution in [2.75, 3.05) is 13.2 Å². The number of rotatable bonds is 60. The summed E-state index contributed by atoms with van der Waals surface area (Å²) in [6.07, 6.45) is 73.4. The highest BCUT2D eigenvalue weighted by Gasteiger charge is 2.19. The standard InChI is InChI=1S/C66H124O6/c1-4-7-10-13-16-19-21-23-25-27-29-30-31-32-33-34-35-36-37-39-40-42-44-47-50-53-56-59-65(68)71-62-63(61-70-64(67)58-55-52-49-46-18-15-12-9-6-3)72-66(69)60-57-54-51-48-45-43-41-38-28-26-24-22-20-17-14-11-8-5-2/h21,23,27,29,63H,4-20,22,24-26,28,30-62H2,1-3H3/b23-21-,29-27-. The van der Waals surface area contributed by atoms with Crippen molar-refractivity contribution in [1.29, 1.82) is 0 Å². The average Bonchev–Trinajstić information content (AvgIpc) is 3.38. The van der Waals surface area contributed by atoms with E-state index in [4.69, 9.17) is 14.2 Å². The minimum atomic E-state index is -0.765. The van der Waals surface area contributed by atoms with E-state index in [1.807, 2.05) is 0 Å². The first-order valence-corrected chi connectivity index (χ1v) is 32.3. The van der Waals surface area contributed by atoms with Gasteiger partial charge in [-0.15, -0.1) is 0 Å². The molecular weight excluding hydrogens is 889 g/mol. The van der Waals surface area contributed by atoms with Crippen LogP contribution in [-0.4, -0.2) is 37.2 Å². The topological polar surface area (TPSA) is 78.9 Å². The maximum atomic E-state index is 12.9. The van der Waals surface area contributed by atoms with Gasteiger partial charge >= 0.3 is 17.9 Å². The van der Waals surface area contributed by atoms with Gasteiger partial charge in [-0.3, -0.25) is 14.4 Å². The van der Waals surface area contributed by atoms with E-state index in [0.717, 1.165) is 64.2 Å². The molecule has 1 unspecified atom stereocenters. The Bertz CT molecular complexity index is 1160. The van der Waals surface area contributed by atoms with Gasteiger partial charge in [0.05, 0.1) is 0 Å². The highest BCUT2D eigenvalue weighted by atomic mass is 16.6. The molecule has 0 fully saturated rings. The lowest BCUT2D eigenvalue weighted by atomic mass is 10.0. The Kier molecular flexibility index (Phi) is 59.6. The van der Waals surface area contributed by atoms with Crippen LogP contribution in [0.15, 0.2) is 24.3 Å². The van der Waals surface area contributed by atoms with E-state index in [9.17, 15) is 14.4 Å². The minimum absolute atomic E-state index is 0.0648. The van der Waals surface area contributed by atoms with Crippen LogP contribution in [0.4, 0.5) is 0 Å². The first-order valence-electron chi connectivity index (χ1n) is 32.3. The van der Waals surface area contributed by atoms with Crippen LogP contribution in [0.1, 0.15) is 361 Å². The van der Waals surface area contributed by atoms with Crippen LogP contribution in [0.25, 0.3) is 0 Å². The molecule has 0 aromatic rings. The molecular formula is C66H124O6. The summed E-state index contributed by atoms with van der Waals surface area (Å²) in [5.41, 5.74) is 0. The zero-order chi connectivity index (χ0) is 52.2. The molecule has 0 radical (unpaired) electrons. The van der Waals surface area contributed by atoms with Gasteiger partial charge in [0.25, 0.3) is 0 Å². The maximum Gasteiger partial charge on any atom is 0.306 e. The highest BCUT2D eigenvalue weighted by Crippen LogP contribution is 2.18. The number of unbranched alkanes of at least 4 members (excludes halogenated alkanes) is 45. The zero-order valence-corrected chi connectivity index (χ0v) is 48.7. The monoisotopic (exact) mass is 1010 g/mol. The molecule has 0 aliphatic rings. The maximum absolute atomic E-state index is 12.9. The van der Waals surface area contributed by atoms with E-state index in [2.05, 4.69) is 45.1 Å². The van der Waals surface area contributed by atoms with Crippen LogP contribution < -0.4 is 0 Å². The first-order chi connectivity index (χ1) is 35.5. The fourth-order valence-corrected chi connectivity index (χ4v) is 9.83. The van der Waals surface area contributed by atoms with Crippen LogP contribution in [0.2, 0.25) is 0 Å². The third-order valence-corrected chi connectivity index (χ3v) is 14.7. The van der Waals surface area contributed by atoms with Crippen LogP contribution >= 0.6 is 0 Å². The van der Waals surface area contributed by atoms with Crippen LogP contribution in [0.3, 0.4) is 0 Å². The summed E-state index contributed by atoms with van der Waals surface area (Å²) in [6, 6.07) is 0. The summed E-state index contributed by atoms with van der Waals surface area (Å²) in [5.74, 6) is -0.841. The van der Waals surface area contributed by atoms with Crippen molar-refractivity contribution in [2.45, 2.75) is 367 Å². The number of carbonyl (C=O) groups is 3. The smallest absolute Gasteiger partial charge is 0.306 e. The van der Waals surface area contributed by atoms with Gasteiger partial charge in [-0.2, -0.15) is 0 Å². The van der Waals surface area contributed by atoms with Gasteiger partial charge in [0.15, 0.2) is 6.10 Å². The van der Waals surface area contributed by atoms with Gasteiger partial charge in [0, 0.05) is 19.3 Å². The quantitative estimate of drug-likeness (QED) is 0.0261. The lowest BCUT2D eigenvalue weighted by Gasteiger charge is -2.18. The molecule has 0 spiro atoms. The van der Waals surface area contributed by atoms with E-state index >= 15 is 0 Å². The molecule has 0 amide bonds. The predicted octanol–water partition coefficient (Wildman–Crippen LogP) is 21.8. The van der Waals surface area contributed by atoms with Gasteiger partial charge in [0.2, 0.25) is 0 Å². The van der Waals surface area contributed by atoms with E-state index in [0.29, 0.717) is 19.3 Å². The molecule has 0 N–H and O–H groups in total. The van der Waals surface area contributed by atoms with Gasteiger partial charge in [-0.25, -0.2) is 0 Å². The molecule has 0 aromatic carbocycles. The summed E-state index contributed by atoms with van der Waals surface area (Å²) in [7, 11) is 0. The van der Waals surface area contributed by atoms with Crippen molar-refractivity contribution < 1.29 is 28.6 Å². The van der Waals surface area contributed by atoms with E-state index < -0.39 is 6.10 Å². The second kappa shape index (κ2) is 61.4. The van der Waals surface area contributed by atoms with Crippen molar-refractivity contribution in [2.24, 2.45) is 0 Å². The molecule has 0 heterocycles. The van der Waals surface area contributed by atoms with Gasteiger partial charge < -0.3 is 14.2 Å². The lowest BCUT2D eigenvalue weighted by molar-refractivity contribution is -0.167. The Morgan fingerprint density at radius 1 is 0.278 bits per heavy atom. The summed E-state index contributed by atoms with van der Waals surface area (Å²) in [5, 5.41) is 0. The molecule has 1 atom stereocenters. The Balaban J connectivity index is 4.12. The number of allylic oxidation sites excluding steroid dienone is 4. The SMILES string of the molecule is CCCCCCC/C=C\C/C=C\CCCCCCCCCCCCCCCCCC(=O)OCC(COC(=O)CCCCCCCCCCC)OC(=O)CCCCCCCCCCCCCCCCCCCC. The molecule has 0 saturated carbocycles. The van der Waals surface area contributed by atoms with E-state index in [-0.39, 0.29) is 31.1 Å². The molecule has 72 heavy (non-hydrogen) atoms. The minimum Gasteiger partial charge on any atom is -0.462 e. The number of esters is 3. The van der Waals surface area contributed by atoms with Gasteiger partial charge in [0.1, 0.15) is 13.2 Å². The summed E-state index contributed by atoms with van der Waals surface area (Å²) < 4.78 is 16.9. The Labute approximate surface area is 449 Å². The Morgan fingerprint density at radius 3 is 0.764 bits per heavy atom. The van der Waals surface area contributed by atoms with Gasteiger partial charge in [-0.05, 0) is 51.4 Å². The normalized spacial score (nSPS) is 12.1.